The van der Waals surface area contributed by atoms with Crippen molar-refractivity contribution in [1.82, 2.24) is 0 Å². The zero-order valence-corrected chi connectivity index (χ0v) is 11.2. The average molecular weight is 244 g/mol. The molecule has 2 aromatic rings. The van der Waals surface area contributed by atoms with Crippen LogP contribution >= 0.6 is 0 Å². The lowest BCUT2D eigenvalue weighted by molar-refractivity contribution is 0.374. The maximum atomic E-state index is 10.0. The zero-order valence-electron chi connectivity index (χ0n) is 11.2. The highest BCUT2D eigenvalue weighted by Crippen LogP contribution is 2.30. The van der Waals surface area contributed by atoms with E-state index in [0.717, 1.165) is 29.2 Å². The average Bonchev–Trinajstić information content (AvgIpc) is 2.25. The van der Waals surface area contributed by atoms with Crippen LogP contribution in [0.4, 0.5) is 0 Å². The maximum absolute atomic E-state index is 10.0. The Labute approximate surface area is 108 Å². The minimum atomic E-state index is 0.226. The molecule has 0 unspecified atom stereocenters. The second kappa shape index (κ2) is 4.52. The number of aromatic hydroxyl groups is 2. The van der Waals surface area contributed by atoms with E-state index >= 15 is 0 Å². The van der Waals surface area contributed by atoms with E-state index in [2.05, 4.69) is 20.8 Å². The molecule has 2 N–H and O–H groups in total. The van der Waals surface area contributed by atoms with Crippen LogP contribution < -0.4 is 0 Å². The molecule has 0 radical (unpaired) electrons. The number of hydrogen-bond acceptors (Lipinski definition) is 2. The van der Waals surface area contributed by atoms with E-state index in [1.807, 2.05) is 12.1 Å². The fourth-order valence-corrected chi connectivity index (χ4v) is 2.03. The summed E-state index contributed by atoms with van der Waals surface area (Å²) in [4.78, 5) is 0. The normalized spacial score (nSPS) is 11.9. The Hall–Kier alpha value is -1.70. The number of rotatable bonds is 2. The first kappa shape index (κ1) is 12.7. The topological polar surface area (TPSA) is 40.5 Å². The van der Waals surface area contributed by atoms with Crippen molar-refractivity contribution in [3.8, 4) is 11.5 Å². The van der Waals surface area contributed by atoms with Crippen LogP contribution in [0.3, 0.4) is 0 Å². The Morgan fingerprint density at radius 2 is 1.67 bits per heavy atom. The lowest BCUT2D eigenvalue weighted by atomic mass is 9.88. The van der Waals surface area contributed by atoms with Gasteiger partial charge in [-0.05, 0) is 58.9 Å². The molecule has 0 aromatic heterocycles. The Kier molecular flexibility index (Phi) is 3.20. The molecule has 0 bridgehead atoms. The molecule has 0 amide bonds. The van der Waals surface area contributed by atoms with Crippen molar-refractivity contribution in [2.75, 3.05) is 0 Å². The lowest BCUT2D eigenvalue weighted by Crippen LogP contribution is -2.06. The summed E-state index contributed by atoms with van der Waals surface area (Å²) >= 11 is 0. The molecule has 0 saturated heterocycles. The van der Waals surface area contributed by atoms with E-state index in [9.17, 15) is 10.2 Å². The number of phenolic OH excluding ortho intramolecular Hbond substituents is 2. The van der Waals surface area contributed by atoms with Gasteiger partial charge < -0.3 is 10.2 Å². The van der Waals surface area contributed by atoms with Gasteiger partial charge in [0, 0.05) is 0 Å². The highest BCUT2D eigenvalue weighted by molar-refractivity contribution is 5.86. The summed E-state index contributed by atoms with van der Waals surface area (Å²) in [7, 11) is 0. The fourth-order valence-electron chi connectivity index (χ4n) is 2.03. The number of phenols is 2. The van der Waals surface area contributed by atoms with Crippen LogP contribution in [0.2, 0.25) is 0 Å². The van der Waals surface area contributed by atoms with Crippen LogP contribution in [-0.4, -0.2) is 10.2 Å². The van der Waals surface area contributed by atoms with Crippen molar-refractivity contribution in [2.45, 2.75) is 33.6 Å². The molecule has 0 aliphatic heterocycles. The second-order valence-electron chi connectivity index (χ2n) is 6.07. The monoisotopic (exact) mass is 244 g/mol. The molecule has 0 aliphatic carbocycles. The van der Waals surface area contributed by atoms with Gasteiger partial charge in [0.2, 0.25) is 0 Å². The standard InChI is InChI=1S/C16H20O2/c1-16(2,3)7-6-12-8-11-4-5-14(17)9-13(11)10-15(12)18/h4-5,8-10,17-18H,6-7H2,1-3H3. The molecule has 2 rings (SSSR count). The summed E-state index contributed by atoms with van der Waals surface area (Å²) in [5.41, 5.74) is 1.24. The van der Waals surface area contributed by atoms with E-state index < -0.39 is 0 Å². The first-order chi connectivity index (χ1) is 8.35. The lowest BCUT2D eigenvalue weighted by Gasteiger charge is -2.18. The van der Waals surface area contributed by atoms with Crippen LogP contribution in [0, 0.1) is 5.41 Å². The Morgan fingerprint density at radius 3 is 2.33 bits per heavy atom. The van der Waals surface area contributed by atoms with E-state index in [-0.39, 0.29) is 11.2 Å². The molecule has 0 aliphatic rings. The summed E-state index contributed by atoms with van der Waals surface area (Å²) in [6, 6.07) is 8.96. The first-order valence-electron chi connectivity index (χ1n) is 6.30. The molecule has 18 heavy (non-hydrogen) atoms. The number of fused-ring (bicyclic) bond motifs is 1. The molecule has 0 heterocycles. The van der Waals surface area contributed by atoms with E-state index in [1.54, 1.807) is 18.2 Å². The molecule has 0 fully saturated rings. The van der Waals surface area contributed by atoms with Crippen molar-refractivity contribution < 1.29 is 10.2 Å². The largest absolute Gasteiger partial charge is 0.508 e. The summed E-state index contributed by atoms with van der Waals surface area (Å²) in [6.07, 6.45) is 1.90. The molecule has 96 valence electrons. The van der Waals surface area contributed by atoms with Crippen molar-refractivity contribution in [3.63, 3.8) is 0 Å². The molecule has 0 atom stereocenters. The molecule has 0 saturated carbocycles. The van der Waals surface area contributed by atoms with Gasteiger partial charge >= 0.3 is 0 Å². The van der Waals surface area contributed by atoms with Crippen LogP contribution in [-0.2, 0) is 6.42 Å². The van der Waals surface area contributed by atoms with E-state index in [4.69, 9.17) is 0 Å². The summed E-state index contributed by atoms with van der Waals surface area (Å²) in [6.45, 7) is 6.59. The summed E-state index contributed by atoms with van der Waals surface area (Å²) in [5.74, 6) is 0.543. The smallest absolute Gasteiger partial charge is 0.119 e. The van der Waals surface area contributed by atoms with Gasteiger partial charge in [-0.25, -0.2) is 0 Å². The summed E-state index contributed by atoms with van der Waals surface area (Å²) in [5, 5.41) is 21.4. The van der Waals surface area contributed by atoms with Crippen LogP contribution in [0.1, 0.15) is 32.8 Å². The molecular formula is C16H20O2. The molecule has 2 heteroatoms. The summed E-state index contributed by atoms with van der Waals surface area (Å²) < 4.78 is 0. The van der Waals surface area contributed by atoms with Gasteiger partial charge in [-0.1, -0.05) is 26.8 Å². The SMILES string of the molecule is CC(C)(C)CCc1cc2ccc(O)cc2cc1O. The van der Waals surface area contributed by atoms with Gasteiger partial charge in [-0.2, -0.15) is 0 Å². The molecular weight excluding hydrogens is 224 g/mol. The highest BCUT2D eigenvalue weighted by atomic mass is 16.3. The van der Waals surface area contributed by atoms with Gasteiger partial charge in [-0.15, -0.1) is 0 Å². The van der Waals surface area contributed by atoms with Crippen molar-refractivity contribution in [1.29, 1.82) is 0 Å². The third-order valence-corrected chi connectivity index (χ3v) is 3.17. The van der Waals surface area contributed by atoms with Crippen molar-refractivity contribution in [3.05, 3.63) is 35.9 Å². The Morgan fingerprint density at radius 1 is 0.944 bits per heavy atom. The first-order valence-corrected chi connectivity index (χ1v) is 6.30. The fraction of sp³-hybridized carbons (Fsp3) is 0.375. The third kappa shape index (κ3) is 2.95. The van der Waals surface area contributed by atoms with E-state index in [0.29, 0.717) is 5.75 Å². The maximum Gasteiger partial charge on any atom is 0.119 e. The van der Waals surface area contributed by atoms with Gasteiger partial charge in [0.25, 0.3) is 0 Å². The third-order valence-electron chi connectivity index (χ3n) is 3.17. The molecule has 2 nitrogen and oxygen atoms in total. The number of aryl methyl sites for hydroxylation is 1. The minimum Gasteiger partial charge on any atom is -0.508 e. The predicted octanol–water partition coefficient (Wildman–Crippen LogP) is 4.23. The predicted molar refractivity (Wildman–Crippen MR) is 75.1 cm³/mol. The quantitative estimate of drug-likeness (QED) is 0.830. The minimum absolute atomic E-state index is 0.226. The van der Waals surface area contributed by atoms with E-state index in [1.165, 1.54) is 0 Å². The van der Waals surface area contributed by atoms with Gasteiger partial charge in [0.15, 0.2) is 0 Å². The highest BCUT2D eigenvalue weighted by Gasteiger charge is 2.12. The van der Waals surface area contributed by atoms with Crippen molar-refractivity contribution >= 4 is 10.8 Å². The van der Waals surface area contributed by atoms with Gasteiger partial charge in [0.05, 0.1) is 0 Å². The van der Waals surface area contributed by atoms with Crippen molar-refractivity contribution in [2.24, 2.45) is 5.41 Å². The molecule has 0 spiro atoms. The van der Waals surface area contributed by atoms with Gasteiger partial charge in [-0.3, -0.25) is 0 Å². The van der Waals surface area contributed by atoms with Crippen LogP contribution in [0.5, 0.6) is 11.5 Å². The zero-order chi connectivity index (χ0) is 13.3. The molecule has 2 aromatic carbocycles. The number of benzene rings is 2. The van der Waals surface area contributed by atoms with Gasteiger partial charge in [0.1, 0.15) is 11.5 Å². The Balaban J connectivity index is 2.34. The second-order valence-corrected chi connectivity index (χ2v) is 6.07. The Bertz CT molecular complexity index is 565. The number of hydrogen-bond donors (Lipinski definition) is 2. The van der Waals surface area contributed by atoms with Crippen LogP contribution in [0.25, 0.3) is 10.8 Å². The van der Waals surface area contributed by atoms with Crippen LogP contribution in [0.15, 0.2) is 30.3 Å².